The molecule has 6 aromatic carbocycles. The molecule has 268 valence electrons. The van der Waals surface area contributed by atoms with Gasteiger partial charge in [-0.15, -0.1) is 0 Å². The number of benzene rings is 6. The van der Waals surface area contributed by atoms with E-state index >= 15 is 0 Å². The molecule has 4 heterocycles. The molecule has 0 aliphatic carbocycles. The van der Waals surface area contributed by atoms with Gasteiger partial charge in [-0.05, 0) is 113 Å². The smallest absolute Gasteiger partial charge is 0.227 e. The number of pyridine rings is 2. The number of rotatable bonds is 8. The summed E-state index contributed by atoms with van der Waals surface area (Å²) in [5.41, 5.74) is 12.5. The van der Waals surface area contributed by atoms with E-state index < -0.39 is 0 Å². The van der Waals surface area contributed by atoms with Gasteiger partial charge in [0.25, 0.3) is 0 Å². The molecule has 0 saturated heterocycles. The lowest BCUT2D eigenvalue weighted by Gasteiger charge is -2.13. The summed E-state index contributed by atoms with van der Waals surface area (Å²) in [7, 11) is 0. The van der Waals surface area contributed by atoms with Gasteiger partial charge in [0.05, 0.1) is 11.4 Å². The van der Waals surface area contributed by atoms with Crippen LogP contribution in [-0.2, 0) is 0 Å². The first-order valence-electron chi connectivity index (χ1n) is 18.7. The summed E-state index contributed by atoms with van der Waals surface area (Å²) in [4.78, 5) is 29.8. The van der Waals surface area contributed by atoms with Crippen molar-refractivity contribution in [1.82, 2.24) is 29.9 Å². The van der Waals surface area contributed by atoms with E-state index in [0.717, 1.165) is 72.5 Å². The summed E-state index contributed by atoms with van der Waals surface area (Å²) >= 11 is 0. The number of hydrogen-bond acceptors (Lipinski definition) is 7. The Kier molecular flexibility index (Phi) is 8.70. The molecule has 0 fully saturated rings. The summed E-state index contributed by atoms with van der Waals surface area (Å²) in [5.74, 6) is 2.11. The molecular formula is C50H32N6O. The van der Waals surface area contributed by atoms with Gasteiger partial charge in [-0.3, -0.25) is 9.97 Å². The van der Waals surface area contributed by atoms with E-state index in [1.54, 1.807) is 0 Å². The van der Waals surface area contributed by atoms with Crippen LogP contribution in [0.2, 0.25) is 0 Å². The van der Waals surface area contributed by atoms with Crippen molar-refractivity contribution in [3.63, 3.8) is 0 Å². The summed E-state index contributed by atoms with van der Waals surface area (Å²) < 4.78 is 6.31. The minimum absolute atomic E-state index is 0.503. The Morgan fingerprint density at radius 3 is 1.23 bits per heavy atom. The summed E-state index contributed by atoms with van der Waals surface area (Å²) in [6, 6.07) is 61.1. The molecule has 0 aliphatic heterocycles. The summed E-state index contributed by atoms with van der Waals surface area (Å²) in [6.45, 7) is 0. The standard InChI is InChI=1S/C50H32N6O/c1-4-14-33(15-5-1)37-26-39(43-20-10-12-24-51-43)30-41(28-37)48-54-47(36-22-23-45-46(32-36)57-50(53-45)35-18-8-3-9-19-35)55-49(56-48)42-29-38(34-16-6-2-7-17-34)27-40(31-42)44-21-11-13-25-52-44/h1-32H. The first-order chi connectivity index (χ1) is 28.2. The molecule has 0 aliphatic rings. The van der Waals surface area contributed by atoms with Crippen molar-refractivity contribution in [2.24, 2.45) is 0 Å². The molecule has 0 unspecified atom stereocenters. The van der Waals surface area contributed by atoms with Crippen molar-refractivity contribution in [1.29, 1.82) is 0 Å². The highest BCUT2D eigenvalue weighted by molar-refractivity contribution is 5.84. The van der Waals surface area contributed by atoms with Crippen LogP contribution in [0, 0.1) is 0 Å². The molecule has 0 saturated carbocycles. The van der Waals surface area contributed by atoms with Gasteiger partial charge < -0.3 is 4.42 Å². The molecule has 0 radical (unpaired) electrons. The average molecular weight is 733 g/mol. The van der Waals surface area contributed by atoms with E-state index in [9.17, 15) is 0 Å². The monoisotopic (exact) mass is 732 g/mol. The minimum Gasteiger partial charge on any atom is -0.436 e. The van der Waals surface area contributed by atoms with Gasteiger partial charge in [0, 0.05) is 45.8 Å². The molecule has 0 amide bonds. The third-order valence-electron chi connectivity index (χ3n) is 9.82. The lowest BCUT2D eigenvalue weighted by molar-refractivity contribution is 0.620. The van der Waals surface area contributed by atoms with Crippen molar-refractivity contribution in [2.75, 3.05) is 0 Å². The molecule has 7 heteroatoms. The van der Waals surface area contributed by atoms with E-state index in [-0.39, 0.29) is 0 Å². The Balaban J connectivity index is 1.20. The fraction of sp³-hybridized carbons (Fsp3) is 0. The molecule has 0 N–H and O–H groups in total. The Labute approximate surface area is 329 Å². The van der Waals surface area contributed by atoms with Gasteiger partial charge in [0.2, 0.25) is 5.89 Å². The summed E-state index contributed by atoms with van der Waals surface area (Å²) in [6.07, 6.45) is 3.62. The number of aromatic nitrogens is 6. The molecular weight excluding hydrogens is 701 g/mol. The second-order valence-corrected chi connectivity index (χ2v) is 13.6. The lowest BCUT2D eigenvalue weighted by Crippen LogP contribution is -2.01. The van der Waals surface area contributed by atoms with E-state index in [2.05, 4.69) is 60.7 Å². The van der Waals surface area contributed by atoms with Crippen molar-refractivity contribution in [2.45, 2.75) is 0 Å². The van der Waals surface area contributed by atoms with Crippen LogP contribution in [0.3, 0.4) is 0 Å². The lowest BCUT2D eigenvalue weighted by atomic mass is 9.97. The van der Waals surface area contributed by atoms with Gasteiger partial charge in [0.15, 0.2) is 23.1 Å². The van der Waals surface area contributed by atoms with Crippen LogP contribution in [-0.4, -0.2) is 29.9 Å². The molecule has 0 atom stereocenters. The maximum Gasteiger partial charge on any atom is 0.227 e. The van der Waals surface area contributed by atoms with Gasteiger partial charge in [-0.25, -0.2) is 19.9 Å². The summed E-state index contributed by atoms with van der Waals surface area (Å²) in [5, 5.41) is 0. The van der Waals surface area contributed by atoms with Crippen LogP contribution < -0.4 is 0 Å². The number of fused-ring (bicyclic) bond motifs is 1. The van der Waals surface area contributed by atoms with Crippen LogP contribution in [0.15, 0.2) is 199 Å². The van der Waals surface area contributed by atoms with Crippen molar-refractivity contribution in [3.8, 4) is 90.4 Å². The van der Waals surface area contributed by atoms with Gasteiger partial charge in [-0.2, -0.15) is 0 Å². The molecule has 0 spiro atoms. The normalized spacial score (nSPS) is 11.2. The highest BCUT2D eigenvalue weighted by Crippen LogP contribution is 2.36. The quantitative estimate of drug-likeness (QED) is 0.154. The van der Waals surface area contributed by atoms with E-state index in [4.69, 9.17) is 34.3 Å². The molecule has 57 heavy (non-hydrogen) atoms. The first-order valence-corrected chi connectivity index (χ1v) is 18.7. The third kappa shape index (κ3) is 6.97. The Morgan fingerprint density at radius 1 is 0.298 bits per heavy atom. The topological polar surface area (TPSA) is 90.5 Å². The number of nitrogens with zero attached hydrogens (tertiary/aromatic N) is 6. The Morgan fingerprint density at radius 2 is 0.737 bits per heavy atom. The van der Waals surface area contributed by atoms with Crippen molar-refractivity contribution in [3.05, 3.63) is 194 Å². The average Bonchev–Trinajstić information content (AvgIpc) is 3.74. The fourth-order valence-electron chi connectivity index (χ4n) is 7.00. The van der Waals surface area contributed by atoms with E-state index in [0.29, 0.717) is 28.9 Å². The van der Waals surface area contributed by atoms with Crippen molar-refractivity contribution < 1.29 is 4.42 Å². The van der Waals surface area contributed by atoms with Crippen LogP contribution >= 0.6 is 0 Å². The zero-order valence-electron chi connectivity index (χ0n) is 30.6. The van der Waals surface area contributed by atoms with E-state index in [1.807, 2.05) is 134 Å². The zero-order chi connectivity index (χ0) is 38.0. The molecule has 7 nitrogen and oxygen atoms in total. The SMILES string of the molecule is c1ccc(-c2cc(-c3ccccn3)cc(-c3nc(-c4cc(-c5ccccc5)cc(-c5ccccn5)c4)nc(-c4ccc5nc(-c6ccccc6)oc5c4)n3)c2)cc1. The zero-order valence-corrected chi connectivity index (χ0v) is 30.6. The Hall–Kier alpha value is -7.90. The second-order valence-electron chi connectivity index (χ2n) is 13.6. The fourth-order valence-corrected chi connectivity index (χ4v) is 7.00. The molecule has 0 bridgehead atoms. The van der Waals surface area contributed by atoms with Crippen LogP contribution in [0.5, 0.6) is 0 Å². The molecule has 4 aromatic heterocycles. The predicted octanol–water partition coefficient (Wildman–Crippen LogP) is 12.1. The van der Waals surface area contributed by atoms with Gasteiger partial charge >= 0.3 is 0 Å². The Bertz CT molecular complexity index is 2730. The van der Waals surface area contributed by atoms with Crippen molar-refractivity contribution >= 4 is 11.1 Å². The highest BCUT2D eigenvalue weighted by Gasteiger charge is 2.18. The van der Waals surface area contributed by atoms with Crippen LogP contribution in [0.25, 0.3) is 101 Å². The molecule has 10 rings (SSSR count). The highest BCUT2D eigenvalue weighted by atomic mass is 16.3. The van der Waals surface area contributed by atoms with E-state index in [1.165, 1.54) is 0 Å². The molecule has 10 aromatic rings. The van der Waals surface area contributed by atoms with Gasteiger partial charge in [-0.1, -0.05) is 91.0 Å². The minimum atomic E-state index is 0.503. The maximum atomic E-state index is 6.31. The first kappa shape index (κ1) is 33.7. The number of hydrogen-bond donors (Lipinski definition) is 0. The predicted molar refractivity (Wildman–Crippen MR) is 226 cm³/mol. The van der Waals surface area contributed by atoms with Crippen LogP contribution in [0.1, 0.15) is 0 Å². The largest absolute Gasteiger partial charge is 0.436 e. The van der Waals surface area contributed by atoms with Gasteiger partial charge in [0.1, 0.15) is 5.52 Å². The third-order valence-corrected chi connectivity index (χ3v) is 9.82. The van der Waals surface area contributed by atoms with Crippen LogP contribution in [0.4, 0.5) is 0 Å². The second kappa shape index (κ2) is 14.7. The maximum absolute atomic E-state index is 6.31. The number of oxazole rings is 1.